The van der Waals surface area contributed by atoms with Crippen LogP contribution in [0.2, 0.25) is 0 Å². The average Bonchev–Trinajstić information content (AvgIpc) is 3.40. The van der Waals surface area contributed by atoms with Crippen molar-refractivity contribution in [3.63, 3.8) is 0 Å². The Morgan fingerprint density at radius 1 is 1.09 bits per heavy atom. The van der Waals surface area contributed by atoms with Crippen molar-refractivity contribution in [3.05, 3.63) is 47.0 Å². The van der Waals surface area contributed by atoms with Crippen LogP contribution >= 0.6 is 0 Å². The number of carbonyl (C=O) groups excluding carboxylic acids is 2. The molecule has 7 nitrogen and oxygen atoms in total. The first kappa shape index (κ1) is 23.8. The van der Waals surface area contributed by atoms with Crippen molar-refractivity contribution in [2.45, 2.75) is 83.2 Å². The third-order valence-electron chi connectivity index (χ3n) is 8.09. The van der Waals surface area contributed by atoms with Crippen molar-refractivity contribution in [2.75, 3.05) is 18.8 Å². The Morgan fingerprint density at radius 3 is 2.43 bits per heavy atom. The van der Waals surface area contributed by atoms with Crippen molar-refractivity contribution in [3.8, 4) is 0 Å². The molecule has 4 N–H and O–H groups in total. The highest BCUT2D eigenvalue weighted by Crippen LogP contribution is 2.49. The molecule has 2 heterocycles. The minimum Gasteiger partial charge on any atom is -0.397 e. The highest BCUT2D eigenvalue weighted by molar-refractivity contribution is 5.86. The molecule has 35 heavy (non-hydrogen) atoms. The van der Waals surface area contributed by atoms with Crippen LogP contribution in [0.3, 0.4) is 0 Å². The van der Waals surface area contributed by atoms with E-state index >= 15 is 0 Å². The molecule has 0 aromatic carbocycles. The summed E-state index contributed by atoms with van der Waals surface area (Å²) in [5.41, 5.74) is 12.1. The monoisotopic (exact) mass is 477 g/mol. The first-order valence-corrected chi connectivity index (χ1v) is 13.3. The third-order valence-corrected chi connectivity index (χ3v) is 8.09. The standard InChI is InChI=1S/C28H39N5O2/c1-17(2)30-28(35)31-20-11-9-19(10-12-20)26-25(29)24-18(3)22(27(34)32-15-4-5-16-32)13-14-23(24)33(26)21-7-6-8-21/h9,11-14,17-19,21-22H,4-8,10,15-16,29H2,1-3H3,(H2,30,31,35). The summed E-state index contributed by atoms with van der Waals surface area (Å²) in [4.78, 5) is 27.4. The van der Waals surface area contributed by atoms with Crippen LogP contribution in [-0.2, 0) is 4.79 Å². The van der Waals surface area contributed by atoms with Crippen LogP contribution in [0, 0.1) is 5.92 Å². The summed E-state index contributed by atoms with van der Waals surface area (Å²) in [5.74, 6) is 0.298. The quantitative estimate of drug-likeness (QED) is 0.569. The number of amides is 3. The van der Waals surface area contributed by atoms with Gasteiger partial charge in [0.1, 0.15) is 0 Å². The number of nitrogens with two attached hydrogens (primary N) is 1. The van der Waals surface area contributed by atoms with Crippen molar-refractivity contribution >= 4 is 23.7 Å². The van der Waals surface area contributed by atoms with Gasteiger partial charge in [0, 0.05) is 59.7 Å². The summed E-state index contributed by atoms with van der Waals surface area (Å²) < 4.78 is 2.48. The number of fused-ring (bicyclic) bond motifs is 1. The topological polar surface area (TPSA) is 92.4 Å². The molecule has 2 fully saturated rings. The van der Waals surface area contributed by atoms with E-state index in [0.717, 1.165) is 49.3 Å². The van der Waals surface area contributed by atoms with E-state index in [1.165, 1.54) is 30.7 Å². The summed E-state index contributed by atoms with van der Waals surface area (Å²) in [6.07, 6.45) is 17.1. The SMILES string of the molecule is CC(C)NC(=O)NC1=CCC(c2c(N)c3c(n2C2CCC2)C=CC(C(=O)N2CCCC2)C3C)C=C1. The van der Waals surface area contributed by atoms with E-state index in [1.54, 1.807) is 0 Å². The van der Waals surface area contributed by atoms with Gasteiger partial charge in [-0.25, -0.2) is 4.79 Å². The fourth-order valence-corrected chi connectivity index (χ4v) is 6.06. The zero-order valence-electron chi connectivity index (χ0n) is 21.2. The zero-order chi connectivity index (χ0) is 24.7. The van der Waals surface area contributed by atoms with Crippen LogP contribution in [0.5, 0.6) is 0 Å². The Kier molecular flexibility index (Phi) is 6.51. The molecule has 1 saturated heterocycles. The highest BCUT2D eigenvalue weighted by Gasteiger charge is 2.39. The van der Waals surface area contributed by atoms with E-state index in [0.29, 0.717) is 6.04 Å². The van der Waals surface area contributed by atoms with Crippen LogP contribution < -0.4 is 16.4 Å². The van der Waals surface area contributed by atoms with E-state index < -0.39 is 0 Å². The van der Waals surface area contributed by atoms with Gasteiger partial charge in [0.15, 0.2) is 0 Å². The van der Waals surface area contributed by atoms with E-state index in [2.05, 4.69) is 46.4 Å². The lowest BCUT2D eigenvalue weighted by atomic mass is 9.81. The van der Waals surface area contributed by atoms with Crippen molar-refractivity contribution < 1.29 is 9.59 Å². The fourth-order valence-electron chi connectivity index (χ4n) is 6.06. The molecule has 4 aliphatic rings. The molecular formula is C28H39N5O2. The van der Waals surface area contributed by atoms with Gasteiger partial charge in [-0.15, -0.1) is 0 Å². The molecule has 3 aliphatic carbocycles. The minimum atomic E-state index is -0.185. The number of nitrogens with zero attached hydrogens (tertiary/aromatic N) is 2. The molecule has 0 bridgehead atoms. The van der Waals surface area contributed by atoms with Crippen LogP contribution in [-0.4, -0.2) is 40.5 Å². The highest BCUT2D eigenvalue weighted by atomic mass is 16.2. The second-order valence-corrected chi connectivity index (χ2v) is 10.9. The van der Waals surface area contributed by atoms with Crippen LogP contribution in [0.4, 0.5) is 10.5 Å². The molecule has 7 heteroatoms. The summed E-state index contributed by atoms with van der Waals surface area (Å²) in [6, 6.07) is 0.367. The van der Waals surface area contributed by atoms with Gasteiger partial charge in [-0.05, 0) is 64.5 Å². The average molecular weight is 478 g/mol. The van der Waals surface area contributed by atoms with E-state index in [4.69, 9.17) is 5.73 Å². The molecule has 1 aromatic heterocycles. The molecule has 0 radical (unpaired) electrons. The zero-order valence-corrected chi connectivity index (χ0v) is 21.2. The molecule has 3 atom stereocenters. The number of likely N-dealkylation sites (tertiary alicyclic amines) is 1. The number of nitrogen functional groups attached to an aromatic ring is 1. The predicted octanol–water partition coefficient (Wildman–Crippen LogP) is 4.80. The fraction of sp³-hybridized carbons (Fsp3) is 0.571. The number of rotatable bonds is 5. The molecule has 1 aliphatic heterocycles. The third kappa shape index (κ3) is 4.41. The summed E-state index contributed by atoms with van der Waals surface area (Å²) in [6.45, 7) is 7.80. The van der Waals surface area contributed by atoms with Gasteiger partial charge in [0.25, 0.3) is 0 Å². The molecule has 1 aromatic rings. The minimum absolute atomic E-state index is 0.0586. The van der Waals surface area contributed by atoms with Gasteiger partial charge >= 0.3 is 6.03 Å². The lowest BCUT2D eigenvalue weighted by molar-refractivity contribution is -0.133. The predicted molar refractivity (Wildman–Crippen MR) is 140 cm³/mol. The summed E-state index contributed by atoms with van der Waals surface area (Å²) in [7, 11) is 0. The smallest absolute Gasteiger partial charge is 0.319 e. The van der Waals surface area contributed by atoms with Gasteiger partial charge in [0.05, 0.1) is 11.6 Å². The van der Waals surface area contributed by atoms with E-state index in [-0.39, 0.29) is 35.7 Å². The first-order valence-electron chi connectivity index (χ1n) is 13.3. The molecule has 1 saturated carbocycles. The Balaban J connectivity index is 1.42. The Hall–Kier alpha value is -2.96. The second-order valence-electron chi connectivity index (χ2n) is 10.9. The number of nitrogens with one attached hydrogen (secondary N) is 2. The van der Waals surface area contributed by atoms with Gasteiger partial charge in [-0.2, -0.15) is 0 Å². The normalized spacial score (nSPS) is 25.9. The van der Waals surface area contributed by atoms with Gasteiger partial charge in [-0.3, -0.25) is 4.79 Å². The van der Waals surface area contributed by atoms with Crippen molar-refractivity contribution in [2.24, 2.45) is 5.92 Å². The molecule has 5 rings (SSSR count). The van der Waals surface area contributed by atoms with Crippen molar-refractivity contribution in [1.82, 2.24) is 20.1 Å². The first-order chi connectivity index (χ1) is 16.8. The number of aromatic nitrogens is 1. The van der Waals surface area contributed by atoms with Gasteiger partial charge in [-0.1, -0.05) is 25.2 Å². The van der Waals surface area contributed by atoms with Gasteiger partial charge in [0.2, 0.25) is 5.91 Å². The Bertz CT molecular complexity index is 1090. The summed E-state index contributed by atoms with van der Waals surface area (Å²) in [5, 5.41) is 5.80. The number of anilines is 1. The summed E-state index contributed by atoms with van der Waals surface area (Å²) >= 11 is 0. The molecular weight excluding hydrogens is 438 g/mol. The van der Waals surface area contributed by atoms with E-state index in [9.17, 15) is 9.59 Å². The maximum atomic E-state index is 13.3. The number of allylic oxidation sites excluding steroid dienone is 3. The molecule has 0 spiro atoms. The Morgan fingerprint density at radius 2 is 1.83 bits per heavy atom. The second kappa shape index (κ2) is 9.59. The van der Waals surface area contributed by atoms with Crippen LogP contribution in [0.1, 0.15) is 94.1 Å². The maximum absolute atomic E-state index is 13.3. The number of carbonyl (C=O) groups is 2. The number of hydrogen-bond donors (Lipinski definition) is 3. The molecule has 188 valence electrons. The van der Waals surface area contributed by atoms with Crippen LogP contribution in [0.25, 0.3) is 6.08 Å². The Labute approximate surface area is 208 Å². The number of urea groups is 1. The lowest BCUT2D eigenvalue weighted by Gasteiger charge is -2.34. The van der Waals surface area contributed by atoms with Crippen molar-refractivity contribution in [1.29, 1.82) is 0 Å². The van der Waals surface area contributed by atoms with Crippen LogP contribution in [0.15, 0.2) is 30.0 Å². The maximum Gasteiger partial charge on any atom is 0.319 e. The molecule has 3 amide bonds. The largest absolute Gasteiger partial charge is 0.397 e. The lowest BCUT2D eigenvalue weighted by Crippen LogP contribution is -2.38. The number of hydrogen-bond acceptors (Lipinski definition) is 3. The van der Waals surface area contributed by atoms with Gasteiger partial charge < -0.3 is 25.8 Å². The molecule has 3 unspecified atom stereocenters. The van der Waals surface area contributed by atoms with E-state index in [1.807, 2.05) is 24.8 Å².